The first-order chi connectivity index (χ1) is 7.38. The zero-order chi connectivity index (χ0) is 10.5. The molecule has 0 aliphatic rings. The molecule has 2 heterocycles. The van der Waals surface area contributed by atoms with Crippen LogP contribution in [-0.2, 0) is 5.75 Å². The molecule has 0 aromatic carbocycles. The number of pyridine rings is 1. The zero-order valence-corrected chi connectivity index (χ0v) is 8.57. The number of rotatable bonds is 3. The summed E-state index contributed by atoms with van der Waals surface area (Å²) >= 11 is 1.48. The first-order valence-corrected chi connectivity index (χ1v) is 5.24. The maximum Gasteiger partial charge on any atom is 0.255 e. The van der Waals surface area contributed by atoms with E-state index < -0.39 is 0 Å². The van der Waals surface area contributed by atoms with E-state index >= 15 is 0 Å². The van der Waals surface area contributed by atoms with E-state index in [0.717, 1.165) is 11.3 Å². The highest BCUT2D eigenvalue weighted by atomic mass is 32.2. The maximum atomic E-state index is 8.66. The zero-order valence-electron chi connectivity index (χ0n) is 7.75. The second-order valence-corrected chi connectivity index (χ2v) is 3.67. The molecule has 2 aromatic heterocycles. The minimum absolute atomic E-state index is 0.431. The molecule has 0 N–H and O–H groups in total. The smallest absolute Gasteiger partial charge is 0.255 e. The predicted octanol–water partition coefficient (Wildman–Crippen LogP) is 2.23. The lowest BCUT2D eigenvalue weighted by Crippen LogP contribution is -1.86. The molecule has 5 heteroatoms. The van der Waals surface area contributed by atoms with Crippen molar-refractivity contribution in [2.45, 2.75) is 11.0 Å². The Morgan fingerprint density at radius 2 is 2.33 bits per heavy atom. The minimum Gasteiger partial charge on any atom is -0.440 e. The van der Waals surface area contributed by atoms with Gasteiger partial charge < -0.3 is 4.42 Å². The topological polar surface area (TPSA) is 62.7 Å². The van der Waals surface area contributed by atoms with Crippen LogP contribution < -0.4 is 0 Å². The molecule has 0 unspecified atom stereocenters. The molecular formula is C10H7N3OS. The Labute approximate surface area is 91.0 Å². The SMILES string of the molecule is N#Cc1cc(CSc2ncco2)ccn1. The lowest BCUT2D eigenvalue weighted by Gasteiger charge is -1.97. The van der Waals surface area contributed by atoms with Gasteiger partial charge in [-0.1, -0.05) is 11.8 Å². The van der Waals surface area contributed by atoms with Crippen LogP contribution in [0, 0.1) is 11.3 Å². The predicted molar refractivity (Wildman–Crippen MR) is 55.0 cm³/mol. The van der Waals surface area contributed by atoms with Gasteiger partial charge in [0.2, 0.25) is 0 Å². The molecule has 0 saturated carbocycles. The highest BCUT2D eigenvalue weighted by molar-refractivity contribution is 7.98. The molecule has 0 atom stereocenters. The third-order valence-corrected chi connectivity index (χ3v) is 2.64. The third kappa shape index (κ3) is 2.58. The number of nitrogens with zero attached hydrogens (tertiary/aromatic N) is 3. The van der Waals surface area contributed by atoms with Crippen molar-refractivity contribution in [3.63, 3.8) is 0 Å². The molecule has 0 aliphatic carbocycles. The molecular weight excluding hydrogens is 210 g/mol. The number of aromatic nitrogens is 2. The molecule has 2 aromatic rings. The maximum absolute atomic E-state index is 8.66. The van der Waals surface area contributed by atoms with Gasteiger partial charge in [-0.05, 0) is 17.7 Å². The number of hydrogen-bond acceptors (Lipinski definition) is 5. The van der Waals surface area contributed by atoms with Crippen molar-refractivity contribution in [2.24, 2.45) is 0 Å². The second kappa shape index (κ2) is 4.62. The van der Waals surface area contributed by atoms with E-state index in [-0.39, 0.29) is 0 Å². The molecule has 0 spiro atoms. The molecule has 15 heavy (non-hydrogen) atoms. The van der Waals surface area contributed by atoms with Gasteiger partial charge in [0.1, 0.15) is 18.0 Å². The third-order valence-electron chi connectivity index (χ3n) is 1.71. The Morgan fingerprint density at radius 3 is 3.07 bits per heavy atom. The van der Waals surface area contributed by atoms with Crippen LogP contribution in [0.15, 0.2) is 40.4 Å². The van der Waals surface area contributed by atoms with Crippen LogP contribution in [0.25, 0.3) is 0 Å². The summed E-state index contributed by atoms with van der Waals surface area (Å²) in [6.07, 6.45) is 4.77. The Kier molecular flexibility index (Phi) is 3.00. The van der Waals surface area contributed by atoms with Gasteiger partial charge in [0, 0.05) is 11.9 Å². The first kappa shape index (κ1) is 9.74. The molecule has 0 aliphatic heterocycles. The monoisotopic (exact) mass is 217 g/mol. The fourth-order valence-corrected chi connectivity index (χ4v) is 1.78. The normalized spacial score (nSPS) is 9.80. The summed E-state index contributed by atoms with van der Waals surface area (Å²) in [6, 6.07) is 5.63. The summed E-state index contributed by atoms with van der Waals surface area (Å²) in [5.74, 6) is 0.720. The number of thioether (sulfide) groups is 1. The average Bonchev–Trinajstić information content (AvgIpc) is 2.79. The number of oxazole rings is 1. The summed E-state index contributed by atoms with van der Waals surface area (Å²) in [5.41, 5.74) is 1.46. The Balaban J connectivity index is 2.02. The molecule has 0 bridgehead atoms. The van der Waals surface area contributed by atoms with Gasteiger partial charge in [0.05, 0.1) is 6.20 Å². The molecule has 74 valence electrons. The molecule has 2 rings (SSSR count). The van der Waals surface area contributed by atoms with Crippen molar-refractivity contribution in [1.29, 1.82) is 5.26 Å². The summed E-state index contributed by atoms with van der Waals surface area (Å²) in [6.45, 7) is 0. The summed E-state index contributed by atoms with van der Waals surface area (Å²) < 4.78 is 5.08. The molecule has 4 nitrogen and oxygen atoms in total. The van der Waals surface area contributed by atoms with Crippen LogP contribution in [0.4, 0.5) is 0 Å². The van der Waals surface area contributed by atoms with E-state index in [1.54, 1.807) is 18.5 Å². The highest BCUT2D eigenvalue weighted by Gasteiger charge is 2.01. The number of hydrogen-bond donors (Lipinski definition) is 0. The van der Waals surface area contributed by atoms with Gasteiger partial charge in [-0.15, -0.1) is 0 Å². The van der Waals surface area contributed by atoms with Crippen LogP contribution in [0.2, 0.25) is 0 Å². The van der Waals surface area contributed by atoms with Crippen LogP contribution in [0.3, 0.4) is 0 Å². The quantitative estimate of drug-likeness (QED) is 0.738. The second-order valence-electron chi connectivity index (χ2n) is 2.75. The van der Waals surface area contributed by atoms with Gasteiger partial charge in [-0.25, -0.2) is 9.97 Å². The van der Waals surface area contributed by atoms with Gasteiger partial charge >= 0.3 is 0 Å². The van der Waals surface area contributed by atoms with Crippen LogP contribution >= 0.6 is 11.8 Å². The highest BCUT2D eigenvalue weighted by Crippen LogP contribution is 2.20. The largest absolute Gasteiger partial charge is 0.440 e. The van der Waals surface area contributed by atoms with Gasteiger partial charge in [0.25, 0.3) is 5.22 Å². The van der Waals surface area contributed by atoms with Crippen molar-refractivity contribution in [2.75, 3.05) is 0 Å². The molecule has 0 radical (unpaired) electrons. The van der Waals surface area contributed by atoms with Gasteiger partial charge in [-0.2, -0.15) is 5.26 Å². The van der Waals surface area contributed by atoms with E-state index in [9.17, 15) is 0 Å². The van der Waals surface area contributed by atoms with Crippen molar-refractivity contribution in [1.82, 2.24) is 9.97 Å². The van der Waals surface area contributed by atoms with E-state index in [4.69, 9.17) is 9.68 Å². The van der Waals surface area contributed by atoms with Crippen LogP contribution in [0.1, 0.15) is 11.3 Å². The first-order valence-electron chi connectivity index (χ1n) is 4.26. The molecule has 0 fully saturated rings. The fraction of sp³-hybridized carbons (Fsp3) is 0.100. The lowest BCUT2D eigenvalue weighted by molar-refractivity contribution is 0.454. The molecule has 0 saturated heterocycles. The van der Waals surface area contributed by atoms with Gasteiger partial charge in [0.15, 0.2) is 0 Å². The van der Waals surface area contributed by atoms with E-state index in [2.05, 4.69) is 9.97 Å². The van der Waals surface area contributed by atoms with Crippen molar-refractivity contribution < 1.29 is 4.42 Å². The Morgan fingerprint density at radius 1 is 1.40 bits per heavy atom. The van der Waals surface area contributed by atoms with Crippen LogP contribution in [0.5, 0.6) is 0 Å². The number of nitriles is 1. The fourth-order valence-electron chi connectivity index (χ4n) is 1.05. The van der Waals surface area contributed by atoms with E-state index in [0.29, 0.717) is 10.9 Å². The summed E-state index contributed by atoms with van der Waals surface area (Å²) in [4.78, 5) is 7.88. The summed E-state index contributed by atoms with van der Waals surface area (Å²) in [7, 11) is 0. The lowest BCUT2D eigenvalue weighted by atomic mass is 10.2. The van der Waals surface area contributed by atoms with Crippen molar-refractivity contribution in [3.8, 4) is 6.07 Å². The van der Waals surface area contributed by atoms with Crippen LogP contribution in [-0.4, -0.2) is 9.97 Å². The standard InChI is InChI=1S/C10H7N3OS/c11-6-9-5-8(1-2-12-9)7-15-10-13-3-4-14-10/h1-5H,7H2. The van der Waals surface area contributed by atoms with Crippen molar-refractivity contribution >= 4 is 11.8 Å². The minimum atomic E-state index is 0.431. The van der Waals surface area contributed by atoms with Crippen molar-refractivity contribution in [3.05, 3.63) is 42.0 Å². The Bertz CT molecular complexity index is 476. The average molecular weight is 217 g/mol. The van der Waals surface area contributed by atoms with E-state index in [1.165, 1.54) is 18.0 Å². The summed E-state index contributed by atoms with van der Waals surface area (Å²) in [5, 5.41) is 9.29. The Hall–Kier alpha value is -1.80. The van der Waals surface area contributed by atoms with Gasteiger partial charge in [-0.3, -0.25) is 0 Å². The van der Waals surface area contributed by atoms with E-state index in [1.807, 2.05) is 12.1 Å². The molecule has 0 amide bonds.